The molecule has 3 aromatic carbocycles. The van der Waals surface area contributed by atoms with Crippen molar-refractivity contribution < 1.29 is 19.0 Å². The Kier molecular flexibility index (Phi) is 3.97. The Morgan fingerprint density at radius 2 is 1.85 bits per heavy atom. The molecular weight excluding hydrogens is 351 g/mol. The lowest BCUT2D eigenvalue weighted by atomic mass is 10.1. The molecule has 0 saturated heterocycles. The number of hydrogen-bond donors (Lipinski definition) is 3. The fourth-order valence-corrected chi connectivity index (χ4v) is 2.79. The summed E-state index contributed by atoms with van der Waals surface area (Å²) in [5, 5.41) is 24.0. The number of fused-ring (bicyclic) bond motifs is 2. The molecule has 27 heavy (non-hydrogen) atoms. The monoisotopic (exact) mass is 364 g/mol. The number of rotatable bonds is 3. The molecule has 0 aliphatic rings. The molecule has 0 spiro atoms. The molecule has 0 saturated carbocycles. The Labute approximate surface area is 151 Å². The van der Waals surface area contributed by atoms with E-state index in [1.807, 2.05) is 0 Å². The summed E-state index contributed by atoms with van der Waals surface area (Å²) >= 11 is 0. The standard InChI is InChI=1S/C20H13FN2O4/c21-12-4-6-13(7-5-12)23-22-10-11-2-1-3-15-19(26)18-16(25)8-14(24)9-17(18)27-20(11)15/h1-10,23-25H/b22-10-. The first-order chi connectivity index (χ1) is 13.0. The Bertz CT molecular complexity index is 1250. The van der Waals surface area contributed by atoms with Crippen molar-refractivity contribution in [3.63, 3.8) is 0 Å². The first kappa shape index (κ1) is 16.6. The van der Waals surface area contributed by atoms with E-state index in [0.717, 1.165) is 6.07 Å². The van der Waals surface area contributed by atoms with Gasteiger partial charge in [-0.15, -0.1) is 0 Å². The topological polar surface area (TPSA) is 95.1 Å². The zero-order chi connectivity index (χ0) is 19.0. The summed E-state index contributed by atoms with van der Waals surface area (Å²) in [4.78, 5) is 12.7. The zero-order valence-electron chi connectivity index (χ0n) is 13.8. The summed E-state index contributed by atoms with van der Waals surface area (Å²) in [7, 11) is 0. The minimum Gasteiger partial charge on any atom is -0.508 e. The van der Waals surface area contributed by atoms with Crippen LogP contribution in [0.2, 0.25) is 0 Å². The van der Waals surface area contributed by atoms with Gasteiger partial charge in [-0.05, 0) is 36.4 Å². The highest BCUT2D eigenvalue weighted by Gasteiger charge is 2.14. The summed E-state index contributed by atoms with van der Waals surface area (Å²) in [6.45, 7) is 0. The molecule has 1 aromatic heterocycles. The largest absolute Gasteiger partial charge is 0.508 e. The lowest BCUT2D eigenvalue weighted by Crippen LogP contribution is -2.04. The van der Waals surface area contributed by atoms with Crippen molar-refractivity contribution in [3.8, 4) is 11.5 Å². The summed E-state index contributed by atoms with van der Waals surface area (Å²) < 4.78 is 18.7. The number of nitrogens with one attached hydrogen (secondary N) is 1. The SMILES string of the molecule is O=c1c2cccc(/C=N\Nc3ccc(F)cc3)c2oc2cc(O)cc(O)c12. The first-order valence-corrected chi connectivity index (χ1v) is 7.99. The van der Waals surface area contributed by atoms with Crippen LogP contribution in [0.4, 0.5) is 10.1 Å². The highest BCUT2D eigenvalue weighted by atomic mass is 19.1. The van der Waals surface area contributed by atoms with Crippen LogP contribution in [0, 0.1) is 5.82 Å². The lowest BCUT2D eigenvalue weighted by Gasteiger charge is -2.06. The van der Waals surface area contributed by atoms with E-state index in [0.29, 0.717) is 11.3 Å². The van der Waals surface area contributed by atoms with Gasteiger partial charge in [0.15, 0.2) is 0 Å². The number of hydrazone groups is 1. The van der Waals surface area contributed by atoms with Crippen molar-refractivity contribution in [1.82, 2.24) is 0 Å². The molecule has 0 atom stereocenters. The molecule has 134 valence electrons. The van der Waals surface area contributed by atoms with Gasteiger partial charge in [-0.25, -0.2) is 4.39 Å². The van der Waals surface area contributed by atoms with Gasteiger partial charge < -0.3 is 14.6 Å². The fraction of sp³-hybridized carbons (Fsp3) is 0. The number of anilines is 1. The number of benzene rings is 3. The van der Waals surface area contributed by atoms with Crippen LogP contribution >= 0.6 is 0 Å². The second kappa shape index (κ2) is 6.45. The number of hydrogen-bond acceptors (Lipinski definition) is 6. The Morgan fingerprint density at radius 3 is 2.63 bits per heavy atom. The normalized spacial score (nSPS) is 11.4. The molecule has 0 fully saturated rings. The second-order valence-electron chi connectivity index (χ2n) is 5.87. The number of phenols is 2. The zero-order valence-corrected chi connectivity index (χ0v) is 13.8. The maximum Gasteiger partial charge on any atom is 0.204 e. The van der Waals surface area contributed by atoms with Gasteiger partial charge in [0.05, 0.1) is 17.3 Å². The van der Waals surface area contributed by atoms with Crippen LogP contribution in [-0.4, -0.2) is 16.4 Å². The summed E-state index contributed by atoms with van der Waals surface area (Å²) in [5.41, 5.74) is 3.79. The van der Waals surface area contributed by atoms with E-state index in [1.165, 1.54) is 36.5 Å². The molecule has 7 heteroatoms. The highest BCUT2D eigenvalue weighted by Crippen LogP contribution is 2.30. The van der Waals surface area contributed by atoms with Crippen LogP contribution in [0.3, 0.4) is 0 Å². The third kappa shape index (κ3) is 3.06. The van der Waals surface area contributed by atoms with Crippen LogP contribution in [0.5, 0.6) is 11.5 Å². The van der Waals surface area contributed by atoms with E-state index in [-0.39, 0.29) is 39.3 Å². The van der Waals surface area contributed by atoms with E-state index >= 15 is 0 Å². The van der Waals surface area contributed by atoms with Crippen LogP contribution in [-0.2, 0) is 0 Å². The fourth-order valence-electron chi connectivity index (χ4n) is 2.79. The van der Waals surface area contributed by atoms with Gasteiger partial charge in [0.1, 0.15) is 33.9 Å². The maximum atomic E-state index is 12.9. The van der Waals surface area contributed by atoms with Gasteiger partial charge in [0.2, 0.25) is 5.43 Å². The van der Waals surface area contributed by atoms with Crippen molar-refractivity contribution in [1.29, 1.82) is 0 Å². The predicted octanol–water partition coefficient (Wildman–Crippen LogP) is 3.94. The van der Waals surface area contributed by atoms with Crippen molar-refractivity contribution in [2.45, 2.75) is 0 Å². The van der Waals surface area contributed by atoms with Gasteiger partial charge >= 0.3 is 0 Å². The molecule has 0 amide bonds. The molecule has 6 nitrogen and oxygen atoms in total. The Hall–Kier alpha value is -3.87. The van der Waals surface area contributed by atoms with E-state index in [9.17, 15) is 19.4 Å². The summed E-state index contributed by atoms with van der Waals surface area (Å²) in [5.74, 6) is -0.914. The summed E-state index contributed by atoms with van der Waals surface area (Å²) in [6.07, 6.45) is 1.46. The van der Waals surface area contributed by atoms with Crippen LogP contribution in [0.1, 0.15) is 5.56 Å². The van der Waals surface area contributed by atoms with Gasteiger partial charge in [-0.2, -0.15) is 5.10 Å². The minimum atomic E-state index is -0.412. The van der Waals surface area contributed by atoms with Crippen molar-refractivity contribution in [2.75, 3.05) is 5.43 Å². The van der Waals surface area contributed by atoms with Crippen LogP contribution in [0.15, 0.2) is 68.9 Å². The molecule has 4 rings (SSSR count). The van der Waals surface area contributed by atoms with Gasteiger partial charge in [0.25, 0.3) is 0 Å². The molecule has 0 unspecified atom stereocenters. The number of nitrogens with zero attached hydrogens (tertiary/aromatic N) is 1. The number of para-hydroxylation sites is 1. The van der Waals surface area contributed by atoms with Gasteiger partial charge in [0, 0.05) is 17.7 Å². The molecule has 3 N–H and O–H groups in total. The molecular formula is C20H13FN2O4. The Morgan fingerprint density at radius 1 is 1.07 bits per heavy atom. The predicted molar refractivity (Wildman–Crippen MR) is 101 cm³/mol. The smallest absolute Gasteiger partial charge is 0.204 e. The third-order valence-electron chi connectivity index (χ3n) is 4.04. The molecule has 0 aliphatic carbocycles. The molecule has 0 radical (unpaired) electrons. The molecule has 4 aromatic rings. The average molecular weight is 364 g/mol. The summed E-state index contributed by atoms with van der Waals surface area (Å²) in [6, 6.07) is 13.0. The molecule has 0 bridgehead atoms. The lowest BCUT2D eigenvalue weighted by molar-refractivity contribution is 0.453. The van der Waals surface area contributed by atoms with Gasteiger partial charge in [-0.3, -0.25) is 10.2 Å². The molecule has 1 heterocycles. The molecule has 0 aliphatic heterocycles. The van der Waals surface area contributed by atoms with E-state index in [1.54, 1.807) is 18.2 Å². The highest BCUT2D eigenvalue weighted by molar-refractivity contribution is 6.01. The van der Waals surface area contributed by atoms with E-state index in [4.69, 9.17) is 4.42 Å². The van der Waals surface area contributed by atoms with Crippen molar-refractivity contribution in [2.24, 2.45) is 5.10 Å². The van der Waals surface area contributed by atoms with Crippen LogP contribution in [0.25, 0.3) is 21.9 Å². The van der Waals surface area contributed by atoms with E-state index < -0.39 is 5.43 Å². The maximum absolute atomic E-state index is 12.9. The van der Waals surface area contributed by atoms with E-state index in [2.05, 4.69) is 10.5 Å². The van der Waals surface area contributed by atoms with Crippen LogP contribution < -0.4 is 10.9 Å². The number of halogens is 1. The number of aromatic hydroxyl groups is 2. The average Bonchev–Trinajstić information content (AvgIpc) is 2.63. The Balaban J connectivity index is 1.80. The van der Waals surface area contributed by atoms with Gasteiger partial charge in [-0.1, -0.05) is 6.07 Å². The third-order valence-corrected chi connectivity index (χ3v) is 4.04. The minimum absolute atomic E-state index is 0.00109. The quantitative estimate of drug-likeness (QED) is 0.291. The first-order valence-electron chi connectivity index (χ1n) is 7.99. The van der Waals surface area contributed by atoms with Crippen molar-refractivity contribution >= 4 is 33.8 Å². The number of phenolic OH excluding ortho intramolecular Hbond substituents is 2. The second-order valence-corrected chi connectivity index (χ2v) is 5.87. The van der Waals surface area contributed by atoms with Crippen molar-refractivity contribution in [3.05, 3.63) is 76.2 Å².